The van der Waals surface area contributed by atoms with Gasteiger partial charge in [-0.3, -0.25) is 4.90 Å². The van der Waals surface area contributed by atoms with E-state index < -0.39 is 10.0 Å². The fraction of sp³-hybridized carbons (Fsp3) is 0.407. The second-order valence-corrected chi connectivity index (χ2v) is 11.3. The number of hydrogen-bond acceptors (Lipinski definition) is 7. The number of oxazole rings is 1. The van der Waals surface area contributed by atoms with Crippen LogP contribution in [0.25, 0.3) is 11.5 Å². The predicted octanol–water partition coefficient (Wildman–Crippen LogP) is 4.10. The number of benzene rings is 2. The Balaban J connectivity index is 1.28. The first-order valence-electron chi connectivity index (χ1n) is 12.6. The molecule has 2 saturated heterocycles. The number of rotatable bonds is 6. The average Bonchev–Trinajstić information content (AvgIpc) is 3.15. The van der Waals surface area contributed by atoms with Crippen LogP contribution in [0, 0.1) is 11.3 Å². The lowest BCUT2D eigenvalue weighted by molar-refractivity contribution is 0.246. The number of sulfonamides is 1. The van der Waals surface area contributed by atoms with Crippen LogP contribution in [-0.2, 0) is 16.6 Å². The van der Waals surface area contributed by atoms with Crippen molar-refractivity contribution in [2.24, 2.45) is 0 Å². The third kappa shape index (κ3) is 5.31. The van der Waals surface area contributed by atoms with Crippen molar-refractivity contribution in [3.05, 3.63) is 65.9 Å². The highest BCUT2D eigenvalue weighted by atomic mass is 32.2. The van der Waals surface area contributed by atoms with Crippen molar-refractivity contribution >= 4 is 15.9 Å². The Bertz CT molecular complexity index is 1300. The van der Waals surface area contributed by atoms with Crippen molar-refractivity contribution in [1.29, 1.82) is 5.26 Å². The van der Waals surface area contributed by atoms with Crippen molar-refractivity contribution < 1.29 is 12.8 Å². The van der Waals surface area contributed by atoms with Gasteiger partial charge in [0.15, 0.2) is 0 Å². The fourth-order valence-corrected chi connectivity index (χ4v) is 6.39. The van der Waals surface area contributed by atoms with Crippen LogP contribution in [0.4, 0.5) is 5.88 Å². The van der Waals surface area contributed by atoms with Crippen molar-refractivity contribution in [3.63, 3.8) is 0 Å². The van der Waals surface area contributed by atoms with Crippen LogP contribution in [0.2, 0.25) is 0 Å². The summed E-state index contributed by atoms with van der Waals surface area (Å²) in [7, 11) is -3.52. The predicted molar refractivity (Wildman–Crippen MR) is 138 cm³/mol. The van der Waals surface area contributed by atoms with Gasteiger partial charge in [-0.25, -0.2) is 8.42 Å². The van der Waals surface area contributed by atoms with Gasteiger partial charge in [-0.2, -0.15) is 14.6 Å². The number of hydrogen-bond donors (Lipinski definition) is 0. The molecule has 0 saturated carbocycles. The molecule has 3 heterocycles. The van der Waals surface area contributed by atoms with Gasteiger partial charge < -0.3 is 9.32 Å². The second kappa shape index (κ2) is 10.8. The Morgan fingerprint density at radius 1 is 0.861 bits per heavy atom. The van der Waals surface area contributed by atoms with Crippen molar-refractivity contribution in [2.75, 3.05) is 44.2 Å². The molecule has 0 bridgehead atoms. The summed E-state index contributed by atoms with van der Waals surface area (Å²) in [6.45, 7) is 5.23. The SMILES string of the molecule is N#Cc1nc(-c2ccc(S(=O)(=O)N3CCCCCC3)cc2)oc1N1CCN(Cc2ccccc2)CC1. The fourth-order valence-electron chi connectivity index (χ4n) is 4.87. The molecule has 0 N–H and O–H groups in total. The molecule has 5 rings (SSSR count). The van der Waals surface area contributed by atoms with Crippen LogP contribution in [0.5, 0.6) is 0 Å². The molecule has 2 aromatic carbocycles. The molecule has 0 atom stereocenters. The first kappa shape index (κ1) is 24.5. The molecule has 0 aliphatic carbocycles. The summed E-state index contributed by atoms with van der Waals surface area (Å²) in [5.74, 6) is 0.806. The quantitative estimate of drug-likeness (QED) is 0.498. The molecular weight excluding hydrogens is 474 g/mol. The zero-order chi connectivity index (χ0) is 25.0. The highest BCUT2D eigenvalue weighted by Crippen LogP contribution is 2.30. The molecule has 0 unspecified atom stereocenters. The maximum atomic E-state index is 13.1. The first-order valence-corrected chi connectivity index (χ1v) is 14.0. The third-order valence-corrected chi connectivity index (χ3v) is 8.84. The summed E-state index contributed by atoms with van der Waals surface area (Å²) in [4.78, 5) is 9.14. The molecule has 9 heteroatoms. The van der Waals surface area contributed by atoms with E-state index >= 15 is 0 Å². The summed E-state index contributed by atoms with van der Waals surface area (Å²) in [5.41, 5.74) is 2.19. The molecule has 8 nitrogen and oxygen atoms in total. The molecule has 1 aromatic heterocycles. The van der Waals surface area contributed by atoms with E-state index in [1.165, 1.54) is 5.56 Å². The maximum absolute atomic E-state index is 13.1. The summed E-state index contributed by atoms with van der Waals surface area (Å²) in [6, 6.07) is 19.2. The Morgan fingerprint density at radius 3 is 2.17 bits per heavy atom. The lowest BCUT2D eigenvalue weighted by atomic mass is 10.2. The van der Waals surface area contributed by atoms with Crippen molar-refractivity contribution in [2.45, 2.75) is 37.1 Å². The van der Waals surface area contributed by atoms with Gasteiger partial charge in [0.05, 0.1) is 4.90 Å². The van der Waals surface area contributed by atoms with E-state index in [2.05, 4.69) is 45.1 Å². The highest BCUT2D eigenvalue weighted by molar-refractivity contribution is 7.89. The van der Waals surface area contributed by atoms with Gasteiger partial charge in [-0.05, 0) is 42.7 Å². The minimum Gasteiger partial charge on any atom is -0.419 e. The van der Waals surface area contributed by atoms with Crippen LogP contribution < -0.4 is 4.90 Å². The molecule has 0 radical (unpaired) electrons. The molecule has 3 aromatic rings. The molecule has 2 aliphatic heterocycles. The minimum absolute atomic E-state index is 0.253. The number of nitriles is 1. The van der Waals surface area contributed by atoms with Crippen LogP contribution in [0.3, 0.4) is 0 Å². The Morgan fingerprint density at radius 2 is 1.53 bits per heavy atom. The van der Waals surface area contributed by atoms with E-state index in [1.54, 1.807) is 28.6 Å². The van der Waals surface area contributed by atoms with E-state index in [1.807, 2.05) is 6.07 Å². The van der Waals surface area contributed by atoms with Gasteiger partial charge >= 0.3 is 0 Å². The van der Waals surface area contributed by atoms with E-state index in [-0.39, 0.29) is 10.6 Å². The smallest absolute Gasteiger partial charge is 0.243 e. The zero-order valence-corrected chi connectivity index (χ0v) is 21.2. The van der Waals surface area contributed by atoms with Crippen LogP contribution in [0.15, 0.2) is 63.9 Å². The third-order valence-electron chi connectivity index (χ3n) is 6.93. The van der Waals surface area contributed by atoms with Gasteiger partial charge in [-0.15, -0.1) is 0 Å². The highest BCUT2D eigenvalue weighted by Gasteiger charge is 2.27. The summed E-state index contributed by atoms with van der Waals surface area (Å²) < 4.78 is 33.8. The molecular formula is C27H31N5O3S. The van der Waals surface area contributed by atoms with Crippen LogP contribution >= 0.6 is 0 Å². The molecule has 0 spiro atoms. The minimum atomic E-state index is -3.52. The normalized spacial score (nSPS) is 18.0. The van der Waals surface area contributed by atoms with E-state index in [9.17, 15) is 13.7 Å². The Kier molecular flexibility index (Phi) is 7.37. The Labute approximate surface area is 212 Å². The number of piperazine rings is 1. The van der Waals surface area contributed by atoms with Crippen LogP contribution in [0.1, 0.15) is 36.9 Å². The van der Waals surface area contributed by atoms with Crippen molar-refractivity contribution in [3.8, 4) is 17.5 Å². The topological polar surface area (TPSA) is 93.7 Å². The molecule has 36 heavy (non-hydrogen) atoms. The van der Waals surface area contributed by atoms with Gasteiger partial charge in [-0.1, -0.05) is 43.2 Å². The van der Waals surface area contributed by atoms with E-state index in [0.29, 0.717) is 30.4 Å². The van der Waals surface area contributed by atoms with E-state index in [4.69, 9.17) is 4.42 Å². The second-order valence-electron chi connectivity index (χ2n) is 9.38. The zero-order valence-electron chi connectivity index (χ0n) is 20.3. The largest absolute Gasteiger partial charge is 0.419 e. The maximum Gasteiger partial charge on any atom is 0.243 e. The van der Waals surface area contributed by atoms with Crippen LogP contribution in [-0.4, -0.2) is 61.9 Å². The lowest BCUT2D eigenvalue weighted by Gasteiger charge is -2.34. The van der Waals surface area contributed by atoms with E-state index in [0.717, 1.165) is 58.4 Å². The first-order chi connectivity index (χ1) is 17.5. The number of nitrogens with zero attached hydrogens (tertiary/aromatic N) is 5. The standard InChI is InChI=1S/C27H31N5O3S/c28-20-25-27(31-18-16-30(17-19-31)21-22-8-4-3-5-9-22)35-26(29-25)23-10-12-24(13-11-23)36(33,34)32-14-6-1-2-7-15-32/h3-5,8-13H,1-2,6-7,14-19,21H2. The Hall–Kier alpha value is -3.19. The monoisotopic (exact) mass is 505 g/mol. The molecule has 2 fully saturated rings. The number of aromatic nitrogens is 1. The molecule has 2 aliphatic rings. The van der Waals surface area contributed by atoms with Crippen molar-refractivity contribution in [1.82, 2.24) is 14.2 Å². The summed E-state index contributed by atoms with van der Waals surface area (Å²) in [6.07, 6.45) is 3.93. The summed E-state index contributed by atoms with van der Waals surface area (Å²) >= 11 is 0. The van der Waals surface area contributed by atoms with Gasteiger partial charge in [0.25, 0.3) is 0 Å². The average molecular weight is 506 g/mol. The summed E-state index contributed by atoms with van der Waals surface area (Å²) in [5, 5.41) is 9.68. The van der Waals surface area contributed by atoms with Gasteiger partial charge in [0.2, 0.25) is 27.5 Å². The van der Waals surface area contributed by atoms with Gasteiger partial charge in [0, 0.05) is 51.4 Å². The number of anilines is 1. The molecule has 0 amide bonds. The van der Waals surface area contributed by atoms with Gasteiger partial charge in [0.1, 0.15) is 6.07 Å². The lowest BCUT2D eigenvalue weighted by Crippen LogP contribution is -2.46. The molecule has 188 valence electrons.